The molecule has 5 nitrogen and oxygen atoms in total. The Hall–Kier alpha value is -3.26. The predicted octanol–water partition coefficient (Wildman–Crippen LogP) is 2.38. The largest absolute Gasteiger partial charge is 0.479 e. The molecule has 1 amide bonds. The van der Waals surface area contributed by atoms with E-state index in [0.29, 0.717) is 11.3 Å². The number of hydrogen-bond donors (Lipinski definition) is 2. The van der Waals surface area contributed by atoms with Crippen molar-refractivity contribution in [3.63, 3.8) is 0 Å². The monoisotopic (exact) mass is 305 g/mol. The van der Waals surface area contributed by atoms with E-state index in [1.165, 1.54) is 0 Å². The number of carbonyl (C=O) groups is 1. The fourth-order valence-corrected chi connectivity index (χ4v) is 2.14. The summed E-state index contributed by atoms with van der Waals surface area (Å²) in [5.74, 6) is 6.23. The van der Waals surface area contributed by atoms with Crippen molar-refractivity contribution in [2.75, 3.05) is 13.2 Å². The third-order valence-electron chi connectivity index (χ3n) is 3.24. The van der Waals surface area contributed by atoms with Crippen molar-refractivity contribution < 1.29 is 9.53 Å². The minimum absolute atomic E-state index is 0.148. The molecule has 114 valence electrons. The van der Waals surface area contributed by atoms with E-state index in [4.69, 9.17) is 4.74 Å². The van der Waals surface area contributed by atoms with E-state index in [1.54, 1.807) is 24.7 Å². The molecule has 0 saturated carbocycles. The summed E-state index contributed by atoms with van der Waals surface area (Å²) < 4.78 is 5.39. The number of aromatic amines is 1. The molecule has 3 rings (SSSR count). The van der Waals surface area contributed by atoms with Gasteiger partial charge in [-0.3, -0.25) is 9.78 Å². The molecular formula is C18H15N3O2. The van der Waals surface area contributed by atoms with Gasteiger partial charge in [-0.25, -0.2) is 0 Å². The zero-order valence-electron chi connectivity index (χ0n) is 12.4. The van der Waals surface area contributed by atoms with Crippen LogP contribution in [0.5, 0.6) is 5.75 Å². The number of ether oxygens (including phenoxy) is 1. The van der Waals surface area contributed by atoms with Gasteiger partial charge in [0.25, 0.3) is 5.91 Å². The van der Waals surface area contributed by atoms with Gasteiger partial charge in [-0.05, 0) is 18.2 Å². The molecule has 2 heterocycles. The van der Waals surface area contributed by atoms with Gasteiger partial charge >= 0.3 is 0 Å². The van der Waals surface area contributed by atoms with Crippen LogP contribution in [0.4, 0.5) is 0 Å². The van der Waals surface area contributed by atoms with Crippen LogP contribution in [0.2, 0.25) is 0 Å². The summed E-state index contributed by atoms with van der Waals surface area (Å²) in [6.45, 7) is 0.531. The van der Waals surface area contributed by atoms with Crippen LogP contribution in [-0.4, -0.2) is 29.0 Å². The first kappa shape index (κ1) is 14.7. The van der Waals surface area contributed by atoms with Crippen molar-refractivity contribution in [2.24, 2.45) is 0 Å². The molecule has 5 heteroatoms. The normalized spacial score (nSPS) is 9.91. The number of rotatable bonds is 4. The molecule has 2 N–H and O–H groups in total. The highest BCUT2D eigenvalue weighted by Gasteiger charge is 2.09. The summed E-state index contributed by atoms with van der Waals surface area (Å²) in [5, 5.41) is 3.68. The maximum atomic E-state index is 12.1. The molecule has 0 fully saturated rings. The van der Waals surface area contributed by atoms with Gasteiger partial charge in [0.05, 0.1) is 18.3 Å². The van der Waals surface area contributed by atoms with Crippen molar-refractivity contribution in [1.82, 2.24) is 15.3 Å². The second kappa shape index (κ2) is 7.14. The number of hydrogen-bond acceptors (Lipinski definition) is 3. The smallest absolute Gasteiger partial charge is 0.254 e. The number of para-hydroxylation sites is 1. The first-order chi connectivity index (χ1) is 11.3. The molecule has 1 aromatic carbocycles. The van der Waals surface area contributed by atoms with E-state index >= 15 is 0 Å². The molecule has 0 unspecified atom stereocenters. The van der Waals surface area contributed by atoms with Crippen LogP contribution in [0.1, 0.15) is 10.4 Å². The number of nitrogens with one attached hydrogen (secondary N) is 2. The lowest BCUT2D eigenvalue weighted by molar-refractivity contribution is 0.0960. The summed E-state index contributed by atoms with van der Waals surface area (Å²) in [6.07, 6.45) is 5.01. The van der Waals surface area contributed by atoms with E-state index < -0.39 is 0 Å². The molecule has 2 aromatic heterocycles. The Balaban J connectivity index is 1.49. The molecule has 0 radical (unpaired) electrons. The number of pyridine rings is 1. The average Bonchev–Trinajstić information content (AvgIpc) is 3.03. The molecule has 0 aliphatic rings. The molecule has 23 heavy (non-hydrogen) atoms. The number of fused-ring (bicyclic) bond motifs is 1. The summed E-state index contributed by atoms with van der Waals surface area (Å²) in [7, 11) is 0. The maximum absolute atomic E-state index is 12.1. The van der Waals surface area contributed by atoms with Gasteiger partial charge in [0.15, 0.2) is 0 Å². The number of carbonyl (C=O) groups excluding carboxylic acids is 1. The number of amides is 1. The van der Waals surface area contributed by atoms with Gasteiger partial charge in [0.1, 0.15) is 12.4 Å². The minimum Gasteiger partial charge on any atom is -0.479 e. The number of aromatic nitrogens is 2. The molecule has 0 aliphatic carbocycles. The highest BCUT2D eigenvalue weighted by Crippen LogP contribution is 2.17. The van der Waals surface area contributed by atoms with Crippen LogP contribution in [0, 0.1) is 11.8 Å². The summed E-state index contributed by atoms with van der Waals surface area (Å²) >= 11 is 0. The van der Waals surface area contributed by atoms with E-state index in [9.17, 15) is 4.79 Å². The summed E-state index contributed by atoms with van der Waals surface area (Å²) in [4.78, 5) is 19.2. The van der Waals surface area contributed by atoms with Gasteiger partial charge in [-0.2, -0.15) is 0 Å². The van der Waals surface area contributed by atoms with E-state index in [0.717, 1.165) is 10.9 Å². The third-order valence-corrected chi connectivity index (χ3v) is 3.24. The molecule has 0 aliphatic heterocycles. The Morgan fingerprint density at radius 2 is 2.13 bits per heavy atom. The van der Waals surface area contributed by atoms with Crippen molar-refractivity contribution in [1.29, 1.82) is 0 Å². The van der Waals surface area contributed by atoms with Crippen LogP contribution in [-0.2, 0) is 0 Å². The lowest BCUT2D eigenvalue weighted by atomic mass is 10.1. The van der Waals surface area contributed by atoms with Crippen molar-refractivity contribution in [2.45, 2.75) is 0 Å². The summed E-state index contributed by atoms with van der Waals surface area (Å²) in [6, 6.07) is 11.3. The zero-order valence-corrected chi connectivity index (χ0v) is 12.4. The summed E-state index contributed by atoms with van der Waals surface area (Å²) in [5.41, 5.74) is 1.56. The van der Waals surface area contributed by atoms with Crippen LogP contribution < -0.4 is 10.1 Å². The average molecular weight is 305 g/mol. The quantitative estimate of drug-likeness (QED) is 0.727. The second-order valence-electron chi connectivity index (χ2n) is 4.76. The fraction of sp³-hybridized carbons (Fsp3) is 0.111. The lowest BCUT2D eigenvalue weighted by Gasteiger charge is -2.00. The van der Waals surface area contributed by atoms with Gasteiger partial charge < -0.3 is 15.0 Å². The molecule has 0 bridgehead atoms. The van der Waals surface area contributed by atoms with Gasteiger partial charge in [-0.15, -0.1) is 0 Å². The van der Waals surface area contributed by atoms with Crippen LogP contribution in [0.25, 0.3) is 10.9 Å². The third kappa shape index (κ3) is 3.69. The van der Waals surface area contributed by atoms with Crippen molar-refractivity contribution >= 4 is 16.8 Å². The van der Waals surface area contributed by atoms with E-state index in [2.05, 4.69) is 27.1 Å². The zero-order chi connectivity index (χ0) is 15.9. The maximum Gasteiger partial charge on any atom is 0.254 e. The first-order valence-corrected chi connectivity index (χ1v) is 7.17. The topological polar surface area (TPSA) is 67.0 Å². The van der Waals surface area contributed by atoms with Crippen molar-refractivity contribution in [3.05, 3.63) is 60.6 Å². The Labute approximate surface area is 133 Å². The van der Waals surface area contributed by atoms with Crippen molar-refractivity contribution in [3.8, 4) is 17.6 Å². The van der Waals surface area contributed by atoms with Crippen LogP contribution in [0.15, 0.2) is 55.0 Å². The van der Waals surface area contributed by atoms with Gasteiger partial charge in [-0.1, -0.05) is 30.0 Å². The Morgan fingerprint density at radius 1 is 1.22 bits per heavy atom. The lowest BCUT2D eigenvalue weighted by Crippen LogP contribution is -2.23. The number of nitrogens with zero attached hydrogens (tertiary/aromatic N) is 1. The SMILES string of the molecule is O=C(NCC#CCOc1cccnc1)c1c[nH]c2ccccc12. The Morgan fingerprint density at radius 3 is 3.00 bits per heavy atom. The van der Waals surface area contributed by atoms with Crippen LogP contribution in [0.3, 0.4) is 0 Å². The number of benzene rings is 1. The number of H-pyrrole nitrogens is 1. The molecule has 0 atom stereocenters. The van der Waals surface area contributed by atoms with E-state index in [-0.39, 0.29) is 19.1 Å². The van der Waals surface area contributed by atoms with Crippen LogP contribution >= 0.6 is 0 Å². The van der Waals surface area contributed by atoms with E-state index in [1.807, 2.05) is 30.3 Å². The minimum atomic E-state index is -0.148. The molecule has 0 saturated heterocycles. The molecular weight excluding hydrogens is 290 g/mol. The fourth-order valence-electron chi connectivity index (χ4n) is 2.14. The first-order valence-electron chi connectivity index (χ1n) is 7.17. The van der Waals surface area contributed by atoms with Gasteiger partial charge in [0.2, 0.25) is 0 Å². The Bertz CT molecular complexity index is 860. The standard InChI is InChI=1S/C18H15N3O2/c22-18(16-13-21-17-8-2-1-7-15(16)17)20-10-3-4-11-23-14-6-5-9-19-12-14/h1-2,5-9,12-13,21H,10-11H2,(H,20,22). The Kier molecular flexibility index (Phi) is 4.55. The highest BCUT2D eigenvalue weighted by molar-refractivity contribution is 6.06. The molecule has 0 spiro atoms. The molecule has 3 aromatic rings. The second-order valence-corrected chi connectivity index (χ2v) is 4.76. The predicted molar refractivity (Wildman–Crippen MR) is 88.1 cm³/mol. The highest BCUT2D eigenvalue weighted by atomic mass is 16.5. The van der Waals surface area contributed by atoms with Gasteiger partial charge in [0, 0.05) is 23.3 Å².